The monoisotopic (exact) mass is 472 g/mol. The van der Waals surface area contributed by atoms with Crippen molar-refractivity contribution in [3.05, 3.63) is 83.7 Å². The van der Waals surface area contributed by atoms with Crippen LogP contribution in [0.1, 0.15) is 22.7 Å². The Hall–Kier alpha value is -4.11. The van der Waals surface area contributed by atoms with Crippen molar-refractivity contribution in [2.24, 2.45) is 0 Å². The molecule has 2 amide bonds. The molecule has 4 aromatic rings. The van der Waals surface area contributed by atoms with Crippen molar-refractivity contribution in [2.75, 3.05) is 25.2 Å². The lowest BCUT2D eigenvalue weighted by Crippen LogP contribution is -2.46. The number of ether oxygens (including phenoxy) is 1. The molecule has 0 spiro atoms. The van der Waals surface area contributed by atoms with Gasteiger partial charge >= 0.3 is 0 Å². The molecule has 2 aromatic carbocycles. The molecule has 4 rings (SSSR count). The topological polar surface area (TPSA) is 102 Å². The molecule has 0 saturated heterocycles. The van der Waals surface area contributed by atoms with E-state index in [0.29, 0.717) is 29.9 Å². The minimum atomic E-state index is -0.941. The van der Waals surface area contributed by atoms with Crippen LogP contribution in [0.5, 0.6) is 0 Å². The number of aryl methyl sites for hydroxylation is 2. The smallest absolute Gasteiger partial charge is 0.249 e. The van der Waals surface area contributed by atoms with Crippen LogP contribution in [0.25, 0.3) is 11.0 Å². The van der Waals surface area contributed by atoms with Crippen molar-refractivity contribution in [1.82, 2.24) is 25.3 Å². The van der Waals surface area contributed by atoms with Crippen LogP contribution in [0.2, 0.25) is 0 Å². The maximum Gasteiger partial charge on any atom is 0.249 e. The zero-order valence-corrected chi connectivity index (χ0v) is 20.0. The number of anilines is 1. The lowest BCUT2D eigenvalue weighted by molar-refractivity contribution is -0.127. The molecular formula is C26H28N6O3. The summed E-state index contributed by atoms with van der Waals surface area (Å²) >= 11 is 0. The lowest BCUT2D eigenvalue weighted by Gasteiger charge is -2.32. The van der Waals surface area contributed by atoms with Crippen LogP contribution in [-0.4, -0.2) is 52.1 Å². The van der Waals surface area contributed by atoms with Gasteiger partial charge in [0.05, 0.1) is 12.1 Å². The van der Waals surface area contributed by atoms with Gasteiger partial charge in [0.1, 0.15) is 18.1 Å². The van der Waals surface area contributed by atoms with Crippen LogP contribution in [0, 0.1) is 13.8 Å². The average molecular weight is 473 g/mol. The predicted octanol–water partition coefficient (Wildman–Crippen LogP) is 2.98. The molecule has 9 nitrogen and oxygen atoms in total. The van der Waals surface area contributed by atoms with Crippen LogP contribution < -0.4 is 10.2 Å². The number of fused-ring (bicyclic) bond motifs is 1. The van der Waals surface area contributed by atoms with E-state index in [1.807, 2.05) is 56.3 Å². The van der Waals surface area contributed by atoms with E-state index in [4.69, 9.17) is 4.74 Å². The molecule has 0 aliphatic carbocycles. The van der Waals surface area contributed by atoms with Crippen LogP contribution in [0.15, 0.2) is 67.0 Å². The van der Waals surface area contributed by atoms with E-state index in [9.17, 15) is 9.59 Å². The Labute approximate surface area is 203 Å². The predicted molar refractivity (Wildman–Crippen MR) is 133 cm³/mol. The molecule has 0 aliphatic heterocycles. The molecule has 0 unspecified atom stereocenters. The normalized spacial score (nSPS) is 11.9. The molecule has 1 N–H and O–H groups in total. The highest BCUT2D eigenvalue weighted by molar-refractivity contribution is 6.01. The van der Waals surface area contributed by atoms with Crippen molar-refractivity contribution in [3.8, 4) is 0 Å². The number of methoxy groups -OCH3 is 1. The van der Waals surface area contributed by atoms with Crippen LogP contribution in [-0.2, 0) is 20.9 Å². The minimum Gasteiger partial charge on any atom is -0.383 e. The Morgan fingerprint density at radius 3 is 2.57 bits per heavy atom. The van der Waals surface area contributed by atoms with Crippen molar-refractivity contribution < 1.29 is 14.3 Å². The number of hydrogen-bond acceptors (Lipinski definition) is 6. The van der Waals surface area contributed by atoms with Gasteiger partial charge in [-0.25, -0.2) is 4.68 Å². The van der Waals surface area contributed by atoms with Crippen LogP contribution >= 0.6 is 0 Å². The molecule has 0 fully saturated rings. The highest BCUT2D eigenvalue weighted by atomic mass is 16.5. The average Bonchev–Trinajstić information content (AvgIpc) is 3.25. The largest absolute Gasteiger partial charge is 0.383 e. The summed E-state index contributed by atoms with van der Waals surface area (Å²) < 4.78 is 6.64. The minimum absolute atomic E-state index is 0.0877. The first-order valence-electron chi connectivity index (χ1n) is 11.3. The summed E-state index contributed by atoms with van der Waals surface area (Å²) in [4.78, 5) is 33.2. The molecule has 0 saturated carbocycles. The van der Waals surface area contributed by atoms with E-state index < -0.39 is 6.04 Å². The lowest BCUT2D eigenvalue weighted by atomic mass is 10.0. The molecule has 0 radical (unpaired) electrons. The van der Waals surface area contributed by atoms with E-state index in [-0.39, 0.29) is 18.4 Å². The number of amides is 2. The number of rotatable bonds is 9. The molecule has 1 atom stereocenters. The summed E-state index contributed by atoms with van der Waals surface area (Å²) in [6, 6.07) is 15.9. The van der Waals surface area contributed by atoms with Gasteiger partial charge in [-0.15, -0.1) is 5.10 Å². The van der Waals surface area contributed by atoms with E-state index in [1.165, 1.54) is 4.90 Å². The maximum absolute atomic E-state index is 13.9. The van der Waals surface area contributed by atoms with Crippen LogP contribution in [0.4, 0.5) is 5.69 Å². The zero-order valence-electron chi connectivity index (χ0n) is 20.0. The third-order valence-electron chi connectivity index (χ3n) is 5.57. The van der Waals surface area contributed by atoms with Gasteiger partial charge < -0.3 is 10.1 Å². The second-order valence-corrected chi connectivity index (χ2v) is 8.32. The van der Waals surface area contributed by atoms with Gasteiger partial charge in [0.15, 0.2) is 0 Å². The Balaban J connectivity index is 1.79. The van der Waals surface area contributed by atoms with Gasteiger partial charge in [0.25, 0.3) is 0 Å². The Bertz CT molecular complexity index is 1300. The number of para-hydroxylation sites is 1. The number of pyridine rings is 1. The van der Waals surface area contributed by atoms with E-state index in [0.717, 1.165) is 16.6 Å². The highest BCUT2D eigenvalue weighted by Gasteiger charge is 2.33. The Morgan fingerprint density at radius 2 is 1.86 bits per heavy atom. The van der Waals surface area contributed by atoms with Gasteiger partial charge in [-0.2, -0.15) is 0 Å². The number of hydrogen-bond donors (Lipinski definition) is 1. The first kappa shape index (κ1) is 24.0. The second-order valence-electron chi connectivity index (χ2n) is 8.32. The standard InChI is InChI=1S/C26H28N6O3/c1-18-13-19(2)15-21(14-18)32(24(33)17-31-23-9-5-4-8-22(23)29-30-31)25(20-7-6-10-27-16-20)26(34)28-11-12-35-3/h4-10,13-16,25H,11-12,17H2,1-3H3,(H,28,34)/t25-/m0/s1. The maximum atomic E-state index is 13.9. The third kappa shape index (κ3) is 5.52. The summed E-state index contributed by atoms with van der Waals surface area (Å²) in [5.74, 6) is -0.632. The number of carbonyl (C=O) groups excluding carboxylic acids is 2. The summed E-state index contributed by atoms with van der Waals surface area (Å²) in [5.41, 5.74) is 4.61. The fourth-order valence-corrected chi connectivity index (χ4v) is 4.09. The fourth-order valence-electron chi connectivity index (χ4n) is 4.09. The van der Waals surface area contributed by atoms with Gasteiger partial charge in [-0.1, -0.05) is 29.5 Å². The van der Waals surface area contributed by atoms with Crippen LogP contribution in [0.3, 0.4) is 0 Å². The van der Waals surface area contributed by atoms with Crippen molar-refractivity contribution in [2.45, 2.75) is 26.4 Å². The summed E-state index contributed by atoms with van der Waals surface area (Å²) in [5, 5.41) is 11.2. The number of nitrogens with one attached hydrogen (secondary N) is 1. The van der Waals surface area contributed by atoms with Crippen molar-refractivity contribution in [1.29, 1.82) is 0 Å². The number of carbonyl (C=O) groups is 2. The number of nitrogens with zero attached hydrogens (tertiary/aromatic N) is 5. The Kier molecular flexibility index (Phi) is 7.47. The summed E-state index contributed by atoms with van der Waals surface area (Å²) in [6.45, 7) is 4.50. The Morgan fingerprint density at radius 1 is 1.09 bits per heavy atom. The molecule has 0 bridgehead atoms. The zero-order chi connectivity index (χ0) is 24.8. The second kappa shape index (κ2) is 10.9. The van der Waals surface area contributed by atoms with Crippen molar-refractivity contribution in [3.63, 3.8) is 0 Å². The number of benzene rings is 2. The molecule has 2 heterocycles. The summed E-state index contributed by atoms with van der Waals surface area (Å²) in [7, 11) is 1.57. The van der Waals surface area contributed by atoms with Gasteiger partial charge in [0, 0.05) is 37.3 Å². The van der Waals surface area contributed by atoms with Gasteiger partial charge in [-0.05, 0) is 55.3 Å². The van der Waals surface area contributed by atoms with Gasteiger partial charge in [-0.3, -0.25) is 19.5 Å². The van der Waals surface area contributed by atoms with Crippen molar-refractivity contribution >= 4 is 28.5 Å². The third-order valence-corrected chi connectivity index (χ3v) is 5.57. The molecule has 0 aliphatic rings. The van der Waals surface area contributed by atoms with Gasteiger partial charge in [0.2, 0.25) is 11.8 Å². The highest BCUT2D eigenvalue weighted by Crippen LogP contribution is 2.30. The van der Waals surface area contributed by atoms with E-state index >= 15 is 0 Å². The molecule has 9 heteroatoms. The van der Waals surface area contributed by atoms with E-state index in [1.54, 1.807) is 36.3 Å². The first-order valence-corrected chi connectivity index (χ1v) is 11.3. The quantitative estimate of drug-likeness (QED) is 0.376. The molecule has 2 aromatic heterocycles. The first-order chi connectivity index (χ1) is 17.0. The summed E-state index contributed by atoms with van der Waals surface area (Å²) in [6.07, 6.45) is 3.24. The fraction of sp³-hybridized carbons (Fsp3) is 0.269. The van der Waals surface area contributed by atoms with E-state index in [2.05, 4.69) is 20.6 Å². The number of aromatic nitrogens is 4. The molecular weight excluding hydrogens is 444 g/mol. The molecule has 35 heavy (non-hydrogen) atoms. The SMILES string of the molecule is COCCNC(=O)[C@H](c1cccnc1)N(C(=O)Cn1nnc2ccccc21)c1cc(C)cc(C)c1. The molecule has 180 valence electrons.